The second kappa shape index (κ2) is 9.42. The Bertz CT molecular complexity index is 1180. The zero-order chi connectivity index (χ0) is 24.4. The van der Waals surface area contributed by atoms with Crippen molar-refractivity contribution in [3.63, 3.8) is 0 Å². The number of non-ortho nitro benzene ring substituents is 1. The van der Waals surface area contributed by atoms with Gasteiger partial charge in [-0.25, -0.2) is 4.79 Å². The fourth-order valence-corrected chi connectivity index (χ4v) is 4.52. The summed E-state index contributed by atoms with van der Waals surface area (Å²) in [7, 11) is 0. The monoisotopic (exact) mass is 465 g/mol. The fraction of sp³-hybridized carbons (Fsp3) is 0.333. The third kappa shape index (κ3) is 4.66. The van der Waals surface area contributed by atoms with Crippen molar-refractivity contribution in [3.05, 3.63) is 64.2 Å². The van der Waals surface area contributed by atoms with E-state index in [0.717, 1.165) is 11.3 Å². The number of nitrogens with one attached hydrogen (secondary N) is 1. The van der Waals surface area contributed by atoms with Crippen LogP contribution in [0.1, 0.15) is 36.5 Å². The second-order valence-corrected chi connectivity index (χ2v) is 8.63. The predicted octanol–water partition coefficient (Wildman–Crippen LogP) is 3.32. The van der Waals surface area contributed by atoms with E-state index in [1.807, 2.05) is 0 Å². The van der Waals surface area contributed by atoms with Gasteiger partial charge in [0.1, 0.15) is 0 Å². The molecule has 4 rings (SSSR count). The molecule has 176 valence electrons. The van der Waals surface area contributed by atoms with E-state index in [-0.39, 0.29) is 40.6 Å². The molecule has 10 heteroatoms. The van der Waals surface area contributed by atoms with Crippen molar-refractivity contribution in [1.82, 2.24) is 0 Å². The summed E-state index contributed by atoms with van der Waals surface area (Å²) in [5.74, 6) is -2.24. The minimum absolute atomic E-state index is 0.0875. The molecule has 1 saturated carbocycles. The van der Waals surface area contributed by atoms with Crippen molar-refractivity contribution in [2.75, 3.05) is 16.8 Å². The second-order valence-electron chi connectivity index (χ2n) is 8.63. The molecule has 0 aromatic heterocycles. The third-order valence-corrected chi connectivity index (χ3v) is 6.20. The highest BCUT2D eigenvalue weighted by Gasteiger charge is 2.50. The number of carbonyl (C=O) groups is 4. The van der Waals surface area contributed by atoms with Crippen LogP contribution in [0.5, 0.6) is 0 Å². The maximum atomic E-state index is 12.9. The van der Waals surface area contributed by atoms with Gasteiger partial charge in [0.2, 0.25) is 11.8 Å². The Morgan fingerprint density at radius 1 is 1.09 bits per heavy atom. The maximum Gasteiger partial charge on any atom is 0.338 e. The summed E-state index contributed by atoms with van der Waals surface area (Å²) in [5, 5.41) is 13.3. The van der Waals surface area contributed by atoms with E-state index in [1.54, 1.807) is 12.1 Å². The number of carbonyl (C=O) groups excluding carboxylic acids is 4. The van der Waals surface area contributed by atoms with Crippen LogP contribution in [0, 0.1) is 27.9 Å². The molecule has 2 fully saturated rings. The number of esters is 1. The highest BCUT2D eigenvalue weighted by molar-refractivity contribution is 6.22. The Hall–Kier alpha value is -4.08. The fourth-order valence-electron chi connectivity index (χ4n) is 4.52. The van der Waals surface area contributed by atoms with Crippen LogP contribution in [0.2, 0.25) is 0 Å². The molecule has 34 heavy (non-hydrogen) atoms. The van der Waals surface area contributed by atoms with Gasteiger partial charge in [-0.15, -0.1) is 0 Å². The summed E-state index contributed by atoms with van der Waals surface area (Å²) >= 11 is 0. The molecule has 1 aliphatic heterocycles. The van der Waals surface area contributed by atoms with E-state index < -0.39 is 23.4 Å². The largest absolute Gasteiger partial charge is 0.452 e. The van der Waals surface area contributed by atoms with E-state index in [4.69, 9.17) is 4.74 Å². The smallest absolute Gasteiger partial charge is 0.338 e. The number of nitro groups is 1. The number of nitro benzene ring substituents is 1. The van der Waals surface area contributed by atoms with Crippen molar-refractivity contribution in [2.24, 2.45) is 17.8 Å². The number of amides is 3. The minimum Gasteiger partial charge on any atom is -0.452 e. The SMILES string of the molecule is C[C@@H]1CC[C@H]2C(=O)N(c3cccc(C(=O)OCC(=O)Nc4cccc([N+](=O)[O-])c4)c3)C(=O)[C@H]2C1. The van der Waals surface area contributed by atoms with Gasteiger partial charge in [-0.2, -0.15) is 0 Å². The van der Waals surface area contributed by atoms with Gasteiger partial charge in [-0.3, -0.25) is 29.4 Å². The molecular weight excluding hydrogens is 442 g/mol. The molecular formula is C24H23N3O7. The Labute approximate surface area is 195 Å². The van der Waals surface area contributed by atoms with Gasteiger partial charge in [0.25, 0.3) is 11.6 Å². The van der Waals surface area contributed by atoms with Crippen LogP contribution in [0.4, 0.5) is 17.1 Å². The van der Waals surface area contributed by atoms with E-state index in [1.165, 1.54) is 36.4 Å². The lowest BCUT2D eigenvalue weighted by Crippen LogP contribution is -2.31. The molecule has 0 radical (unpaired) electrons. The van der Waals surface area contributed by atoms with Crippen LogP contribution in [0.3, 0.4) is 0 Å². The molecule has 2 aliphatic rings. The Morgan fingerprint density at radius 3 is 2.59 bits per heavy atom. The molecule has 2 aromatic carbocycles. The molecule has 1 N–H and O–H groups in total. The summed E-state index contributed by atoms with van der Waals surface area (Å²) in [6.07, 6.45) is 2.25. The topological polar surface area (TPSA) is 136 Å². The lowest BCUT2D eigenvalue weighted by atomic mass is 9.76. The lowest BCUT2D eigenvalue weighted by Gasteiger charge is -2.25. The first-order valence-corrected chi connectivity index (χ1v) is 10.9. The predicted molar refractivity (Wildman–Crippen MR) is 121 cm³/mol. The summed E-state index contributed by atoms with van der Waals surface area (Å²) in [4.78, 5) is 61.8. The Morgan fingerprint density at radius 2 is 1.82 bits per heavy atom. The van der Waals surface area contributed by atoms with Gasteiger partial charge in [-0.05, 0) is 49.4 Å². The molecule has 0 bridgehead atoms. The number of nitrogens with zero attached hydrogens (tertiary/aromatic N) is 2. The summed E-state index contributed by atoms with van der Waals surface area (Å²) in [6.45, 7) is 1.46. The van der Waals surface area contributed by atoms with Gasteiger partial charge < -0.3 is 10.1 Å². The number of fused-ring (bicyclic) bond motifs is 1. The van der Waals surface area contributed by atoms with Gasteiger partial charge >= 0.3 is 5.97 Å². The van der Waals surface area contributed by atoms with E-state index >= 15 is 0 Å². The van der Waals surface area contributed by atoms with Gasteiger partial charge in [0.05, 0.1) is 28.0 Å². The van der Waals surface area contributed by atoms with E-state index in [0.29, 0.717) is 24.4 Å². The molecule has 1 aliphatic carbocycles. The lowest BCUT2D eigenvalue weighted by molar-refractivity contribution is -0.384. The van der Waals surface area contributed by atoms with Crippen molar-refractivity contribution in [2.45, 2.75) is 26.2 Å². The van der Waals surface area contributed by atoms with Crippen LogP contribution in [0.15, 0.2) is 48.5 Å². The molecule has 10 nitrogen and oxygen atoms in total. The molecule has 3 amide bonds. The van der Waals surface area contributed by atoms with Crippen LogP contribution >= 0.6 is 0 Å². The van der Waals surface area contributed by atoms with Gasteiger partial charge in [0, 0.05) is 17.8 Å². The average molecular weight is 465 g/mol. The summed E-state index contributed by atoms with van der Waals surface area (Å²) in [6, 6.07) is 11.4. The minimum atomic E-state index is -0.804. The number of hydrogen-bond donors (Lipinski definition) is 1. The molecule has 1 saturated heterocycles. The van der Waals surface area contributed by atoms with E-state index in [2.05, 4.69) is 12.2 Å². The quantitative estimate of drug-likeness (QED) is 0.299. The Kier molecular flexibility index (Phi) is 6.40. The Balaban J connectivity index is 1.40. The van der Waals surface area contributed by atoms with Crippen molar-refractivity contribution in [1.29, 1.82) is 0 Å². The van der Waals surface area contributed by atoms with Crippen LogP contribution in [0.25, 0.3) is 0 Å². The molecule has 1 heterocycles. The summed E-state index contributed by atoms with van der Waals surface area (Å²) < 4.78 is 5.05. The highest BCUT2D eigenvalue weighted by atomic mass is 16.6. The molecule has 0 spiro atoms. The normalized spacial score (nSPS) is 21.7. The first kappa shape index (κ1) is 23.1. The zero-order valence-corrected chi connectivity index (χ0v) is 18.4. The van der Waals surface area contributed by atoms with Gasteiger partial charge in [0.15, 0.2) is 6.61 Å². The van der Waals surface area contributed by atoms with Crippen molar-refractivity contribution in [3.8, 4) is 0 Å². The maximum absolute atomic E-state index is 12.9. The summed E-state index contributed by atoms with van der Waals surface area (Å²) in [5.41, 5.74) is 0.392. The van der Waals surface area contributed by atoms with E-state index in [9.17, 15) is 29.3 Å². The number of imide groups is 1. The van der Waals surface area contributed by atoms with Gasteiger partial charge in [-0.1, -0.05) is 19.1 Å². The van der Waals surface area contributed by atoms with Crippen molar-refractivity contribution >= 4 is 40.8 Å². The standard InChI is InChI=1S/C24H23N3O7/c1-14-8-9-19-20(10-14)23(30)26(22(19)29)17-6-2-4-15(11-17)24(31)34-13-21(28)25-16-5-3-7-18(12-16)27(32)33/h2-7,11-12,14,19-20H,8-10,13H2,1H3,(H,25,28)/t14-,19-,20+/m1/s1. The number of ether oxygens (including phenoxy) is 1. The van der Waals surface area contributed by atoms with Crippen molar-refractivity contribution < 1.29 is 28.8 Å². The zero-order valence-electron chi connectivity index (χ0n) is 18.4. The number of anilines is 2. The molecule has 2 aromatic rings. The third-order valence-electron chi connectivity index (χ3n) is 6.20. The first-order valence-electron chi connectivity index (χ1n) is 10.9. The number of benzene rings is 2. The van der Waals surface area contributed by atoms with Crippen LogP contribution in [-0.4, -0.2) is 35.2 Å². The van der Waals surface area contributed by atoms with Crippen LogP contribution in [-0.2, 0) is 19.1 Å². The molecule has 0 unspecified atom stereocenters. The number of hydrogen-bond acceptors (Lipinski definition) is 7. The first-order chi connectivity index (χ1) is 16.2. The highest BCUT2D eigenvalue weighted by Crippen LogP contribution is 2.42. The number of rotatable bonds is 6. The molecule has 3 atom stereocenters. The average Bonchev–Trinajstić information content (AvgIpc) is 3.06. The van der Waals surface area contributed by atoms with Crippen LogP contribution < -0.4 is 10.2 Å².